The van der Waals surface area contributed by atoms with Crippen LogP contribution < -0.4 is 15.4 Å². The van der Waals surface area contributed by atoms with Gasteiger partial charge in [0.15, 0.2) is 0 Å². The normalized spacial score (nSPS) is 19.9. The van der Waals surface area contributed by atoms with Gasteiger partial charge >= 0.3 is 0 Å². The van der Waals surface area contributed by atoms with Crippen molar-refractivity contribution in [3.05, 3.63) is 23.8 Å². The topological polar surface area (TPSA) is 38.5 Å². The molecule has 0 bridgehead atoms. The van der Waals surface area contributed by atoms with E-state index in [0.29, 0.717) is 0 Å². The van der Waals surface area contributed by atoms with Crippen molar-refractivity contribution in [3.8, 4) is 5.75 Å². The Bertz CT molecular complexity index is 479. The van der Waals surface area contributed by atoms with E-state index in [2.05, 4.69) is 57.7 Å². The summed E-state index contributed by atoms with van der Waals surface area (Å²) in [6, 6.07) is 6.81. The van der Waals surface area contributed by atoms with Crippen molar-refractivity contribution >= 4 is 5.69 Å². The maximum absolute atomic E-state index is 6.19. The summed E-state index contributed by atoms with van der Waals surface area (Å²) in [7, 11) is 0. The zero-order valence-electron chi connectivity index (χ0n) is 14.1. The molecule has 1 aromatic carbocycles. The zero-order valence-corrected chi connectivity index (χ0v) is 14.1. The Labute approximate surface area is 129 Å². The highest BCUT2D eigenvalue weighted by Crippen LogP contribution is 2.37. The van der Waals surface area contributed by atoms with Crippen molar-refractivity contribution < 1.29 is 4.74 Å². The molecule has 0 aliphatic carbocycles. The first-order valence-electron chi connectivity index (χ1n) is 8.16. The van der Waals surface area contributed by atoms with Gasteiger partial charge in [0.25, 0.3) is 0 Å². The van der Waals surface area contributed by atoms with Crippen LogP contribution in [0.3, 0.4) is 0 Å². The fourth-order valence-electron chi connectivity index (χ4n) is 2.69. The van der Waals surface area contributed by atoms with Gasteiger partial charge in [0.05, 0.1) is 12.2 Å². The first-order chi connectivity index (χ1) is 9.85. The van der Waals surface area contributed by atoms with Crippen LogP contribution in [0, 0.1) is 0 Å². The molecule has 0 spiro atoms. The van der Waals surface area contributed by atoms with E-state index in [1.165, 1.54) is 11.3 Å². The lowest BCUT2D eigenvalue weighted by Gasteiger charge is -2.38. The number of fused-ring (bicyclic) bond motifs is 1. The molecule has 0 saturated heterocycles. The van der Waals surface area contributed by atoms with E-state index < -0.39 is 0 Å². The fraction of sp³-hybridized carbons (Fsp3) is 0.667. The summed E-state index contributed by atoms with van der Waals surface area (Å²) >= 11 is 0. The third-order valence-electron chi connectivity index (χ3n) is 4.32. The Hall–Kier alpha value is -1.22. The molecule has 0 amide bonds. The molecule has 3 nitrogen and oxygen atoms in total. The summed E-state index contributed by atoms with van der Waals surface area (Å²) < 4.78 is 6.11. The molecule has 1 aliphatic rings. The van der Waals surface area contributed by atoms with Gasteiger partial charge < -0.3 is 15.4 Å². The lowest BCUT2D eigenvalue weighted by Crippen LogP contribution is -2.45. The second-order valence-corrected chi connectivity index (χ2v) is 7.15. The summed E-state index contributed by atoms with van der Waals surface area (Å²) in [6.45, 7) is 12.9. The molecular formula is C18H30N2O. The van der Waals surface area contributed by atoms with Gasteiger partial charge in [0, 0.05) is 12.6 Å². The smallest absolute Gasteiger partial charge is 0.143 e. The van der Waals surface area contributed by atoms with E-state index >= 15 is 0 Å². The molecule has 0 fully saturated rings. The van der Waals surface area contributed by atoms with E-state index in [1.807, 2.05) is 0 Å². The van der Waals surface area contributed by atoms with Gasteiger partial charge in [0.1, 0.15) is 11.9 Å². The standard InChI is InChI=1S/C18H30N2O/c1-6-14(19)11-20-12-15(7-2)21-17-9-8-13(10-16(17)20)18(3,4)5/h8-10,14-15H,6-7,11-12,19H2,1-5H3. The average molecular weight is 290 g/mol. The maximum Gasteiger partial charge on any atom is 0.143 e. The van der Waals surface area contributed by atoms with Crippen molar-refractivity contribution in [2.75, 3.05) is 18.0 Å². The molecule has 1 heterocycles. The maximum atomic E-state index is 6.19. The Morgan fingerprint density at radius 2 is 2.05 bits per heavy atom. The van der Waals surface area contributed by atoms with Crippen LogP contribution >= 0.6 is 0 Å². The average Bonchev–Trinajstić information content (AvgIpc) is 2.45. The highest BCUT2D eigenvalue weighted by atomic mass is 16.5. The summed E-state index contributed by atoms with van der Waals surface area (Å²) in [4.78, 5) is 2.41. The predicted molar refractivity (Wildman–Crippen MR) is 90.3 cm³/mol. The molecule has 2 N–H and O–H groups in total. The van der Waals surface area contributed by atoms with Crippen LogP contribution in [-0.2, 0) is 5.41 Å². The van der Waals surface area contributed by atoms with E-state index in [4.69, 9.17) is 10.5 Å². The summed E-state index contributed by atoms with van der Waals surface area (Å²) in [6.07, 6.45) is 2.29. The zero-order chi connectivity index (χ0) is 15.6. The molecule has 118 valence electrons. The second kappa shape index (κ2) is 6.27. The molecule has 2 rings (SSSR count). The predicted octanol–water partition coefficient (Wildman–Crippen LogP) is 3.70. The quantitative estimate of drug-likeness (QED) is 0.919. The minimum absolute atomic E-state index is 0.148. The van der Waals surface area contributed by atoms with Crippen LogP contribution in [0.25, 0.3) is 0 Å². The van der Waals surface area contributed by atoms with Gasteiger partial charge in [-0.25, -0.2) is 0 Å². The Kier molecular flexibility index (Phi) is 4.82. The first-order valence-corrected chi connectivity index (χ1v) is 8.16. The van der Waals surface area contributed by atoms with Crippen LogP contribution in [0.2, 0.25) is 0 Å². The summed E-state index contributed by atoms with van der Waals surface area (Å²) in [5.41, 5.74) is 8.88. The van der Waals surface area contributed by atoms with Gasteiger partial charge in [-0.05, 0) is 36.0 Å². The van der Waals surface area contributed by atoms with E-state index in [9.17, 15) is 0 Å². The van der Waals surface area contributed by atoms with Gasteiger partial charge in [-0.15, -0.1) is 0 Å². The molecule has 3 heteroatoms. The highest BCUT2D eigenvalue weighted by molar-refractivity contribution is 5.62. The first kappa shape index (κ1) is 16.2. The van der Waals surface area contributed by atoms with Gasteiger partial charge in [-0.2, -0.15) is 0 Å². The number of nitrogens with zero attached hydrogens (tertiary/aromatic N) is 1. The van der Waals surface area contributed by atoms with Crippen molar-refractivity contribution in [2.24, 2.45) is 5.73 Å². The van der Waals surface area contributed by atoms with Crippen LogP contribution in [0.1, 0.15) is 53.0 Å². The van der Waals surface area contributed by atoms with Crippen LogP contribution in [0.4, 0.5) is 5.69 Å². The summed E-state index contributed by atoms with van der Waals surface area (Å²) in [5, 5.41) is 0. The van der Waals surface area contributed by atoms with Gasteiger partial charge in [0.2, 0.25) is 0 Å². The van der Waals surface area contributed by atoms with Crippen LogP contribution in [0.15, 0.2) is 18.2 Å². The van der Waals surface area contributed by atoms with Crippen LogP contribution in [0.5, 0.6) is 5.75 Å². The monoisotopic (exact) mass is 290 g/mol. The van der Waals surface area contributed by atoms with E-state index in [-0.39, 0.29) is 17.6 Å². The minimum atomic E-state index is 0.148. The third-order valence-corrected chi connectivity index (χ3v) is 4.32. The molecule has 1 aliphatic heterocycles. The SMILES string of the molecule is CCC(N)CN1CC(CC)Oc2ccc(C(C)(C)C)cc21. The number of anilines is 1. The Morgan fingerprint density at radius 1 is 1.33 bits per heavy atom. The third kappa shape index (κ3) is 3.70. The Balaban J connectivity index is 2.35. The lowest BCUT2D eigenvalue weighted by atomic mass is 9.86. The van der Waals surface area contributed by atoms with E-state index in [1.54, 1.807) is 0 Å². The molecule has 2 unspecified atom stereocenters. The Morgan fingerprint density at radius 3 is 2.62 bits per heavy atom. The van der Waals surface area contributed by atoms with Gasteiger partial charge in [-0.3, -0.25) is 0 Å². The van der Waals surface area contributed by atoms with E-state index in [0.717, 1.165) is 31.7 Å². The van der Waals surface area contributed by atoms with Crippen LogP contribution in [-0.4, -0.2) is 25.2 Å². The molecule has 0 radical (unpaired) electrons. The molecule has 21 heavy (non-hydrogen) atoms. The number of hydrogen-bond acceptors (Lipinski definition) is 3. The summed E-state index contributed by atoms with van der Waals surface area (Å²) in [5.74, 6) is 1.00. The fourth-order valence-corrected chi connectivity index (χ4v) is 2.69. The molecule has 0 aromatic heterocycles. The molecular weight excluding hydrogens is 260 g/mol. The van der Waals surface area contributed by atoms with Crippen molar-refractivity contribution in [2.45, 2.75) is 65.0 Å². The number of nitrogens with two attached hydrogens (primary N) is 1. The van der Waals surface area contributed by atoms with Gasteiger partial charge in [-0.1, -0.05) is 40.7 Å². The van der Waals surface area contributed by atoms with Crippen molar-refractivity contribution in [1.82, 2.24) is 0 Å². The number of rotatable bonds is 4. The molecule has 1 aromatic rings. The number of hydrogen-bond donors (Lipinski definition) is 1. The number of ether oxygens (including phenoxy) is 1. The molecule has 0 saturated carbocycles. The van der Waals surface area contributed by atoms with Crippen molar-refractivity contribution in [3.63, 3.8) is 0 Å². The minimum Gasteiger partial charge on any atom is -0.486 e. The second-order valence-electron chi connectivity index (χ2n) is 7.15. The highest BCUT2D eigenvalue weighted by Gasteiger charge is 2.27. The largest absolute Gasteiger partial charge is 0.486 e. The lowest BCUT2D eigenvalue weighted by molar-refractivity contribution is 0.188. The van der Waals surface area contributed by atoms with Crippen molar-refractivity contribution in [1.29, 1.82) is 0 Å². The molecule has 2 atom stereocenters. The number of benzene rings is 1.